The zero-order valence-electron chi connectivity index (χ0n) is 12.3. The summed E-state index contributed by atoms with van der Waals surface area (Å²) in [6.45, 7) is 0. The zero-order chi connectivity index (χ0) is 15.7. The first-order chi connectivity index (χ1) is 10.5. The van der Waals surface area contributed by atoms with Gasteiger partial charge in [0.15, 0.2) is 0 Å². The molecule has 0 spiro atoms. The molecule has 3 rings (SSSR count). The van der Waals surface area contributed by atoms with Gasteiger partial charge >= 0.3 is 11.9 Å². The second kappa shape index (κ2) is 5.89. The van der Waals surface area contributed by atoms with E-state index in [0.29, 0.717) is 18.4 Å². The zero-order valence-corrected chi connectivity index (χ0v) is 13.0. The van der Waals surface area contributed by atoms with Crippen LogP contribution in [0.3, 0.4) is 0 Å². The molecular weight excluding hydrogens is 306 g/mol. The molecule has 1 aromatic rings. The van der Waals surface area contributed by atoms with Crippen LogP contribution in [0.25, 0.3) is 0 Å². The summed E-state index contributed by atoms with van der Waals surface area (Å²) < 4.78 is 10.5. The fraction of sp³-hybridized carbons (Fsp3) is 0.500. The van der Waals surface area contributed by atoms with E-state index in [-0.39, 0.29) is 6.04 Å². The van der Waals surface area contributed by atoms with Crippen molar-refractivity contribution >= 4 is 23.5 Å². The number of nitrogens with one attached hydrogen (secondary N) is 1. The molecule has 2 aliphatic rings. The maximum atomic E-state index is 12.3. The van der Waals surface area contributed by atoms with E-state index in [1.807, 2.05) is 6.07 Å². The number of alkyl halides is 1. The van der Waals surface area contributed by atoms with E-state index in [9.17, 15) is 9.59 Å². The van der Waals surface area contributed by atoms with E-state index in [0.717, 1.165) is 6.42 Å². The number of rotatable bonds is 3. The molecule has 22 heavy (non-hydrogen) atoms. The molecule has 2 saturated heterocycles. The van der Waals surface area contributed by atoms with Crippen molar-refractivity contribution in [3.8, 4) is 0 Å². The van der Waals surface area contributed by atoms with Crippen LogP contribution in [0.4, 0.5) is 0 Å². The number of piperidine rings is 1. The van der Waals surface area contributed by atoms with Gasteiger partial charge in [-0.3, -0.25) is 10.1 Å². The van der Waals surface area contributed by atoms with Crippen molar-refractivity contribution in [1.82, 2.24) is 5.32 Å². The summed E-state index contributed by atoms with van der Waals surface area (Å²) in [5.74, 6) is -1.60. The number of halogens is 1. The number of hydrogen-bond donors (Lipinski definition) is 1. The van der Waals surface area contributed by atoms with Crippen LogP contribution in [0.15, 0.2) is 30.3 Å². The van der Waals surface area contributed by atoms with Gasteiger partial charge < -0.3 is 9.47 Å². The Hall–Kier alpha value is -1.59. The summed E-state index contributed by atoms with van der Waals surface area (Å²) in [6, 6.07) is 8.88. The van der Waals surface area contributed by atoms with Gasteiger partial charge in [-0.2, -0.15) is 0 Å². The molecule has 6 heteroatoms. The lowest BCUT2D eigenvalue weighted by atomic mass is 9.88. The average molecular weight is 324 g/mol. The van der Waals surface area contributed by atoms with E-state index >= 15 is 0 Å². The summed E-state index contributed by atoms with van der Waals surface area (Å²) in [7, 11) is 1.32. The van der Waals surface area contributed by atoms with Crippen LogP contribution in [0.1, 0.15) is 29.6 Å². The maximum absolute atomic E-state index is 12.3. The standard InChI is InChI=1S/C16H18ClNO4/c1-21-15(20)13-12(9-11-7-8-16(13,17)18-11)22-14(19)10-5-3-2-4-6-10/h2-6,11-13,18H,7-9H2,1H3. The number of ether oxygens (including phenoxy) is 2. The lowest BCUT2D eigenvalue weighted by molar-refractivity contribution is -0.153. The van der Waals surface area contributed by atoms with Crippen LogP contribution >= 0.6 is 11.6 Å². The Kier molecular flexibility index (Phi) is 4.10. The molecule has 0 aliphatic carbocycles. The van der Waals surface area contributed by atoms with E-state index < -0.39 is 29.0 Å². The molecular formula is C16H18ClNO4. The molecule has 2 heterocycles. The fourth-order valence-electron chi connectivity index (χ4n) is 3.36. The third-order valence-electron chi connectivity index (χ3n) is 4.41. The van der Waals surface area contributed by atoms with Crippen LogP contribution in [0, 0.1) is 5.92 Å². The van der Waals surface area contributed by atoms with Gasteiger partial charge in [-0.05, 0) is 25.0 Å². The first-order valence-electron chi connectivity index (χ1n) is 7.34. The maximum Gasteiger partial charge on any atom is 0.338 e. The van der Waals surface area contributed by atoms with Gasteiger partial charge in [-0.1, -0.05) is 18.2 Å². The number of carbonyl (C=O) groups excluding carboxylic acids is 2. The number of benzene rings is 1. The Morgan fingerprint density at radius 1 is 1.32 bits per heavy atom. The van der Waals surface area contributed by atoms with Gasteiger partial charge in [0.2, 0.25) is 0 Å². The van der Waals surface area contributed by atoms with Crippen molar-refractivity contribution in [2.75, 3.05) is 7.11 Å². The normalized spacial score (nSPS) is 33.3. The molecule has 2 bridgehead atoms. The summed E-state index contributed by atoms with van der Waals surface area (Å²) in [6.07, 6.45) is 1.49. The molecule has 0 radical (unpaired) electrons. The minimum atomic E-state index is -0.891. The van der Waals surface area contributed by atoms with Crippen LogP contribution in [-0.2, 0) is 14.3 Å². The molecule has 0 aromatic heterocycles. The number of carbonyl (C=O) groups is 2. The van der Waals surface area contributed by atoms with Gasteiger partial charge in [-0.15, -0.1) is 11.6 Å². The first kappa shape index (κ1) is 15.3. The topological polar surface area (TPSA) is 64.6 Å². The molecule has 0 saturated carbocycles. The highest BCUT2D eigenvalue weighted by molar-refractivity contribution is 6.25. The van der Waals surface area contributed by atoms with Crippen molar-refractivity contribution < 1.29 is 19.1 Å². The molecule has 4 atom stereocenters. The molecule has 1 aromatic carbocycles. The smallest absolute Gasteiger partial charge is 0.338 e. The van der Waals surface area contributed by atoms with Crippen LogP contribution in [0.5, 0.6) is 0 Å². The summed E-state index contributed by atoms with van der Waals surface area (Å²) in [5, 5.41) is 3.25. The van der Waals surface area contributed by atoms with E-state index in [1.54, 1.807) is 24.3 Å². The largest absolute Gasteiger partial charge is 0.469 e. The summed E-state index contributed by atoms with van der Waals surface area (Å²) >= 11 is 6.56. The molecule has 5 nitrogen and oxygen atoms in total. The number of methoxy groups -OCH3 is 1. The predicted molar refractivity (Wildman–Crippen MR) is 80.5 cm³/mol. The van der Waals surface area contributed by atoms with E-state index in [2.05, 4.69) is 5.32 Å². The number of esters is 2. The van der Waals surface area contributed by atoms with Gasteiger partial charge in [0, 0.05) is 12.5 Å². The lowest BCUT2D eigenvalue weighted by Gasteiger charge is -2.40. The third kappa shape index (κ3) is 2.71. The Balaban J connectivity index is 1.82. The van der Waals surface area contributed by atoms with Crippen LogP contribution < -0.4 is 5.32 Å². The fourth-order valence-corrected chi connectivity index (χ4v) is 3.86. The quantitative estimate of drug-likeness (QED) is 0.524. The van der Waals surface area contributed by atoms with Crippen molar-refractivity contribution in [2.45, 2.75) is 36.4 Å². The lowest BCUT2D eigenvalue weighted by Crippen LogP contribution is -2.58. The van der Waals surface area contributed by atoms with Crippen molar-refractivity contribution in [1.29, 1.82) is 0 Å². The van der Waals surface area contributed by atoms with Crippen molar-refractivity contribution in [3.05, 3.63) is 35.9 Å². The highest BCUT2D eigenvalue weighted by Gasteiger charge is 2.56. The molecule has 0 amide bonds. The SMILES string of the molecule is COC(=O)C1C(OC(=O)c2ccccc2)CC2CCC1(Cl)N2. The summed E-state index contributed by atoms with van der Waals surface area (Å²) in [4.78, 5) is 23.5. The Morgan fingerprint density at radius 2 is 2.05 bits per heavy atom. The summed E-state index contributed by atoms with van der Waals surface area (Å²) in [5.41, 5.74) is 0.459. The molecule has 2 aliphatic heterocycles. The van der Waals surface area contributed by atoms with E-state index in [4.69, 9.17) is 21.1 Å². The third-order valence-corrected chi connectivity index (χ3v) is 4.94. The number of fused-ring (bicyclic) bond motifs is 2. The Bertz CT molecular complexity index is 579. The van der Waals surface area contributed by atoms with E-state index in [1.165, 1.54) is 7.11 Å². The monoisotopic (exact) mass is 323 g/mol. The molecule has 4 unspecified atom stereocenters. The average Bonchev–Trinajstić information content (AvgIpc) is 2.83. The molecule has 2 fully saturated rings. The Labute approximate surface area is 133 Å². The van der Waals surface area contributed by atoms with Crippen molar-refractivity contribution in [2.24, 2.45) is 5.92 Å². The molecule has 118 valence electrons. The highest BCUT2D eigenvalue weighted by Crippen LogP contribution is 2.44. The van der Waals surface area contributed by atoms with Gasteiger partial charge in [0.05, 0.1) is 12.7 Å². The highest BCUT2D eigenvalue weighted by atomic mass is 35.5. The minimum Gasteiger partial charge on any atom is -0.469 e. The van der Waals surface area contributed by atoms with Gasteiger partial charge in [0.25, 0.3) is 0 Å². The van der Waals surface area contributed by atoms with Gasteiger partial charge in [0.1, 0.15) is 17.0 Å². The molecule has 1 N–H and O–H groups in total. The number of hydrogen-bond acceptors (Lipinski definition) is 5. The second-order valence-corrected chi connectivity index (χ2v) is 6.46. The Morgan fingerprint density at radius 3 is 2.73 bits per heavy atom. The second-order valence-electron chi connectivity index (χ2n) is 5.79. The van der Waals surface area contributed by atoms with Gasteiger partial charge in [-0.25, -0.2) is 4.79 Å². The first-order valence-corrected chi connectivity index (χ1v) is 7.72. The minimum absolute atomic E-state index is 0.159. The predicted octanol–water partition coefficient (Wildman–Crippen LogP) is 2.09. The van der Waals surface area contributed by atoms with Crippen molar-refractivity contribution in [3.63, 3.8) is 0 Å². The van der Waals surface area contributed by atoms with Crippen LogP contribution in [0.2, 0.25) is 0 Å². The van der Waals surface area contributed by atoms with Crippen LogP contribution in [-0.4, -0.2) is 36.2 Å².